The van der Waals surface area contributed by atoms with Crippen LogP contribution in [0.15, 0.2) is 73.7 Å². The standard InChI is InChI=1S/C34H35FN2O5.C2H6/c1-6-41-21(3)20-36-32(39)24-13-11-23(12-14-24)29-30-27(18-34(4,5)19-28(30)38)37-26(31(29)33(40)42-7-2)17-10-22-8-15-25(35)16-9-22;1-2/h6,8-9,11-16H,1,3,7,10,17-20H2,2,4-5H3,(H,36,39);1-2H3. The first kappa shape index (κ1) is 33.9. The van der Waals surface area contributed by atoms with Gasteiger partial charge in [-0.2, -0.15) is 0 Å². The number of ketones is 1. The third-order valence-electron chi connectivity index (χ3n) is 7.09. The molecule has 0 bridgehead atoms. The molecule has 0 radical (unpaired) electrons. The Morgan fingerprint density at radius 2 is 1.68 bits per heavy atom. The van der Waals surface area contributed by atoms with Gasteiger partial charge in [0.1, 0.15) is 11.6 Å². The van der Waals surface area contributed by atoms with Crippen LogP contribution in [0.5, 0.6) is 0 Å². The number of hydrogen-bond donors (Lipinski definition) is 1. The minimum atomic E-state index is -0.572. The van der Waals surface area contributed by atoms with Crippen molar-refractivity contribution in [2.24, 2.45) is 5.41 Å². The van der Waals surface area contributed by atoms with Gasteiger partial charge in [0.25, 0.3) is 5.91 Å². The van der Waals surface area contributed by atoms with Crippen molar-refractivity contribution in [2.75, 3.05) is 13.2 Å². The van der Waals surface area contributed by atoms with Gasteiger partial charge < -0.3 is 14.8 Å². The Labute approximate surface area is 259 Å². The number of hydrogen-bond acceptors (Lipinski definition) is 6. The summed E-state index contributed by atoms with van der Waals surface area (Å²) >= 11 is 0. The van der Waals surface area contributed by atoms with Crippen molar-refractivity contribution >= 4 is 17.7 Å². The monoisotopic (exact) mass is 600 g/mol. The first-order chi connectivity index (χ1) is 21.0. The van der Waals surface area contributed by atoms with Crippen molar-refractivity contribution in [3.05, 3.63) is 113 Å². The van der Waals surface area contributed by atoms with Crippen LogP contribution >= 0.6 is 0 Å². The van der Waals surface area contributed by atoms with Crippen molar-refractivity contribution in [2.45, 2.75) is 60.3 Å². The van der Waals surface area contributed by atoms with E-state index < -0.39 is 5.97 Å². The van der Waals surface area contributed by atoms with Gasteiger partial charge in [-0.25, -0.2) is 9.18 Å². The first-order valence-corrected chi connectivity index (χ1v) is 14.9. The van der Waals surface area contributed by atoms with Crippen molar-refractivity contribution in [3.63, 3.8) is 0 Å². The molecule has 1 heterocycles. The van der Waals surface area contributed by atoms with Crippen LogP contribution in [0.4, 0.5) is 4.39 Å². The SMILES string of the molecule is C=COC(=C)CNC(=O)c1ccc(-c2c3c(nc(CCc4ccc(F)cc4)c2C(=O)OCC)CC(C)(C)CC3=O)cc1.CC. The number of halogens is 1. The van der Waals surface area contributed by atoms with E-state index in [1.165, 1.54) is 18.4 Å². The largest absolute Gasteiger partial charge is 0.469 e. The molecule has 3 aromatic rings. The maximum atomic E-state index is 13.6. The normalized spacial score (nSPS) is 13.1. The average Bonchev–Trinajstić information content (AvgIpc) is 2.99. The number of nitrogens with zero attached hydrogens (tertiary/aromatic N) is 1. The molecule has 1 aromatic heterocycles. The summed E-state index contributed by atoms with van der Waals surface area (Å²) in [4.78, 5) is 44.7. The van der Waals surface area contributed by atoms with E-state index in [4.69, 9.17) is 14.5 Å². The minimum absolute atomic E-state index is 0.0954. The van der Waals surface area contributed by atoms with Crippen LogP contribution < -0.4 is 5.32 Å². The van der Waals surface area contributed by atoms with E-state index in [-0.39, 0.29) is 41.6 Å². The van der Waals surface area contributed by atoms with E-state index in [0.717, 1.165) is 5.56 Å². The van der Waals surface area contributed by atoms with Crippen LogP contribution in [0.3, 0.4) is 0 Å². The number of carbonyl (C=O) groups excluding carboxylic acids is 3. The lowest BCUT2D eigenvalue weighted by atomic mass is 9.73. The van der Waals surface area contributed by atoms with Gasteiger partial charge in [-0.15, -0.1) is 0 Å². The van der Waals surface area contributed by atoms with Gasteiger partial charge in [-0.1, -0.05) is 65.1 Å². The van der Waals surface area contributed by atoms with Gasteiger partial charge in [0.05, 0.1) is 36.4 Å². The average molecular weight is 601 g/mol. The molecule has 0 atom stereocenters. The molecule has 2 aromatic carbocycles. The molecular weight excluding hydrogens is 559 g/mol. The number of aromatic nitrogens is 1. The maximum absolute atomic E-state index is 13.6. The summed E-state index contributed by atoms with van der Waals surface area (Å²) in [7, 11) is 0. The van der Waals surface area contributed by atoms with Crippen molar-refractivity contribution in [1.82, 2.24) is 10.3 Å². The summed E-state index contributed by atoms with van der Waals surface area (Å²) in [5.74, 6) is -0.991. The molecule has 232 valence electrons. The number of amides is 1. The fourth-order valence-electron chi connectivity index (χ4n) is 5.19. The highest BCUT2D eigenvalue weighted by Gasteiger charge is 2.37. The molecule has 4 rings (SSSR count). The summed E-state index contributed by atoms with van der Waals surface area (Å²) < 4.78 is 24.0. The number of Topliss-reactive ketones (excluding diaryl/α,β-unsaturated/α-hetero) is 1. The molecule has 0 fully saturated rings. The molecule has 8 heteroatoms. The van der Waals surface area contributed by atoms with Gasteiger partial charge >= 0.3 is 5.97 Å². The summed E-state index contributed by atoms with van der Waals surface area (Å²) in [5.41, 5.74) is 3.84. The predicted molar refractivity (Wildman–Crippen MR) is 170 cm³/mol. The van der Waals surface area contributed by atoms with Gasteiger partial charge in [-0.3, -0.25) is 14.6 Å². The van der Waals surface area contributed by atoms with Gasteiger partial charge in [0.2, 0.25) is 0 Å². The molecule has 7 nitrogen and oxygen atoms in total. The van der Waals surface area contributed by atoms with E-state index in [2.05, 4.69) is 18.5 Å². The van der Waals surface area contributed by atoms with E-state index in [1.807, 2.05) is 27.7 Å². The van der Waals surface area contributed by atoms with E-state index in [9.17, 15) is 18.8 Å². The van der Waals surface area contributed by atoms with Crippen molar-refractivity contribution in [1.29, 1.82) is 0 Å². The molecule has 1 N–H and O–H groups in total. The maximum Gasteiger partial charge on any atom is 0.340 e. The fraction of sp³-hybridized carbons (Fsp3) is 0.333. The number of fused-ring (bicyclic) bond motifs is 1. The summed E-state index contributed by atoms with van der Waals surface area (Å²) in [6.07, 6.45) is 2.99. The third kappa shape index (κ3) is 8.28. The highest BCUT2D eigenvalue weighted by Crippen LogP contribution is 2.41. The number of benzene rings is 2. The molecule has 0 saturated carbocycles. The van der Waals surface area contributed by atoms with Crippen LogP contribution in [0.1, 0.15) is 89.1 Å². The van der Waals surface area contributed by atoms with Gasteiger partial charge in [0, 0.05) is 23.1 Å². The van der Waals surface area contributed by atoms with E-state index >= 15 is 0 Å². The van der Waals surface area contributed by atoms with Crippen LogP contribution in [0, 0.1) is 11.2 Å². The number of aryl methyl sites for hydroxylation is 2. The quantitative estimate of drug-likeness (QED) is 0.182. The second-order valence-electron chi connectivity index (χ2n) is 11.0. The molecule has 1 aliphatic carbocycles. The third-order valence-corrected chi connectivity index (χ3v) is 7.09. The van der Waals surface area contributed by atoms with Crippen LogP contribution in [-0.2, 0) is 28.7 Å². The lowest BCUT2D eigenvalue weighted by Gasteiger charge is -2.32. The van der Waals surface area contributed by atoms with E-state index in [0.29, 0.717) is 65.1 Å². The van der Waals surface area contributed by atoms with Crippen LogP contribution in [0.25, 0.3) is 11.1 Å². The molecule has 0 unspecified atom stereocenters. The Morgan fingerprint density at radius 1 is 1.02 bits per heavy atom. The predicted octanol–water partition coefficient (Wildman–Crippen LogP) is 7.43. The molecule has 1 aliphatic rings. The molecule has 0 saturated heterocycles. The number of ether oxygens (including phenoxy) is 2. The zero-order valence-corrected chi connectivity index (χ0v) is 26.2. The smallest absolute Gasteiger partial charge is 0.340 e. The number of rotatable bonds is 11. The Kier molecular flexibility index (Phi) is 11.7. The Bertz CT molecular complexity index is 1530. The lowest BCUT2D eigenvalue weighted by molar-refractivity contribution is 0.0525. The second kappa shape index (κ2) is 15.2. The summed E-state index contributed by atoms with van der Waals surface area (Å²) in [6, 6.07) is 12.9. The highest BCUT2D eigenvalue weighted by molar-refractivity contribution is 6.10. The first-order valence-electron chi connectivity index (χ1n) is 14.9. The molecule has 0 aliphatic heterocycles. The number of carbonyl (C=O) groups is 3. The van der Waals surface area contributed by atoms with Crippen molar-refractivity contribution < 1.29 is 28.2 Å². The Morgan fingerprint density at radius 3 is 2.30 bits per heavy atom. The molecule has 1 amide bonds. The number of nitrogens with one attached hydrogen (secondary N) is 1. The topological polar surface area (TPSA) is 94.6 Å². The van der Waals surface area contributed by atoms with Crippen LogP contribution in [-0.4, -0.2) is 35.8 Å². The van der Waals surface area contributed by atoms with Crippen molar-refractivity contribution in [3.8, 4) is 11.1 Å². The molecule has 44 heavy (non-hydrogen) atoms. The number of pyridine rings is 1. The Hall–Kier alpha value is -4.59. The molecule has 0 spiro atoms. The van der Waals surface area contributed by atoms with E-state index in [1.54, 1.807) is 43.3 Å². The summed E-state index contributed by atoms with van der Waals surface area (Å²) in [6.45, 7) is 17.2. The highest BCUT2D eigenvalue weighted by atomic mass is 19.1. The number of esters is 1. The second-order valence-corrected chi connectivity index (χ2v) is 11.0. The fourth-order valence-corrected chi connectivity index (χ4v) is 5.19. The van der Waals surface area contributed by atoms with Gasteiger partial charge in [0.15, 0.2) is 5.78 Å². The zero-order chi connectivity index (χ0) is 32.4. The lowest BCUT2D eigenvalue weighted by Crippen LogP contribution is -2.30. The molecular formula is C36H41FN2O5. The minimum Gasteiger partial charge on any atom is -0.469 e. The summed E-state index contributed by atoms with van der Waals surface area (Å²) in [5, 5.41) is 2.73. The van der Waals surface area contributed by atoms with Crippen LogP contribution in [0.2, 0.25) is 0 Å². The Balaban J connectivity index is 0.00000259. The zero-order valence-electron chi connectivity index (χ0n) is 26.2. The van der Waals surface area contributed by atoms with Gasteiger partial charge in [-0.05, 0) is 67.0 Å².